The zero-order valence-corrected chi connectivity index (χ0v) is 28.6. The number of ether oxygens (including phenoxy) is 1. The van der Waals surface area contributed by atoms with Gasteiger partial charge >= 0.3 is 0 Å². The third-order valence-corrected chi connectivity index (χ3v) is 9.85. The van der Waals surface area contributed by atoms with Crippen LogP contribution in [0, 0.1) is 40.4 Å². The van der Waals surface area contributed by atoms with Crippen molar-refractivity contribution in [2.75, 3.05) is 7.11 Å². The highest BCUT2D eigenvalue weighted by Gasteiger charge is 2.30. The molecule has 6 nitrogen and oxygen atoms in total. The van der Waals surface area contributed by atoms with E-state index in [9.17, 15) is 13.6 Å². The molecule has 0 fully saturated rings. The van der Waals surface area contributed by atoms with Crippen LogP contribution in [0.1, 0.15) is 109 Å². The molecule has 4 N–H and O–H groups in total. The number of alkyl halides is 1. The number of benzene rings is 1. The van der Waals surface area contributed by atoms with E-state index in [2.05, 4.69) is 32.9 Å². The van der Waals surface area contributed by atoms with Crippen molar-refractivity contribution >= 4 is 5.78 Å². The van der Waals surface area contributed by atoms with Gasteiger partial charge in [0.1, 0.15) is 12.0 Å². The number of halogens is 2. The van der Waals surface area contributed by atoms with Crippen molar-refractivity contribution in [3.8, 4) is 0 Å². The highest BCUT2D eigenvalue weighted by atomic mass is 19.1. The number of Topliss-reactive ketones (excluding diaryl/α,β-unsaturated/α-hetero) is 1. The molecular formula is C40H44F2N4O2. The van der Waals surface area contributed by atoms with Crippen LogP contribution in [0.5, 0.6) is 0 Å². The number of aromatic nitrogens is 4. The number of carbonyl (C=O) groups is 1. The first-order chi connectivity index (χ1) is 23.0. The van der Waals surface area contributed by atoms with Gasteiger partial charge in [0, 0.05) is 77.1 Å². The van der Waals surface area contributed by atoms with Crippen LogP contribution in [0.2, 0.25) is 0 Å². The van der Waals surface area contributed by atoms with Crippen molar-refractivity contribution in [3.63, 3.8) is 0 Å². The fraction of sp³-hybridized carbons (Fsp3) is 0.325. The molecule has 4 aromatic heterocycles. The van der Waals surface area contributed by atoms with Crippen LogP contribution in [0.25, 0.3) is 0 Å². The molecule has 0 aliphatic heterocycles. The Morgan fingerprint density at radius 3 is 2.27 bits per heavy atom. The number of nitrogens with one attached hydrogen (secondary N) is 4. The molecule has 4 unspecified atom stereocenters. The Balaban J connectivity index is 1.33. The minimum Gasteiger partial charge on any atom is -0.377 e. The maximum atomic E-state index is 14.1. The molecule has 1 aliphatic rings. The number of ketones is 1. The van der Waals surface area contributed by atoms with Gasteiger partial charge in [-0.25, -0.2) is 8.78 Å². The summed E-state index contributed by atoms with van der Waals surface area (Å²) in [4.78, 5) is 28.1. The van der Waals surface area contributed by atoms with E-state index in [1.165, 1.54) is 12.1 Å². The molecule has 250 valence electrons. The van der Waals surface area contributed by atoms with Gasteiger partial charge in [0.2, 0.25) is 0 Å². The van der Waals surface area contributed by atoms with Gasteiger partial charge in [0.05, 0.1) is 17.9 Å². The van der Waals surface area contributed by atoms with E-state index in [0.29, 0.717) is 12.0 Å². The Morgan fingerprint density at radius 2 is 1.62 bits per heavy atom. The van der Waals surface area contributed by atoms with Crippen molar-refractivity contribution in [2.45, 2.75) is 78.5 Å². The second kappa shape index (κ2) is 13.4. The molecule has 6 rings (SSSR count). The fourth-order valence-electron chi connectivity index (χ4n) is 7.47. The summed E-state index contributed by atoms with van der Waals surface area (Å²) < 4.78 is 33.7. The summed E-state index contributed by atoms with van der Waals surface area (Å²) in [6.45, 7) is 12.1. The van der Waals surface area contributed by atoms with Gasteiger partial charge in [-0.05, 0) is 99.7 Å². The number of rotatable bonds is 11. The number of aromatic amines is 4. The number of hydrogen-bond donors (Lipinski definition) is 4. The monoisotopic (exact) mass is 650 g/mol. The van der Waals surface area contributed by atoms with Crippen molar-refractivity contribution in [1.82, 2.24) is 19.9 Å². The lowest BCUT2D eigenvalue weighted by Crippen LogP contribution is -2.10. The van der Waals surface area contributed by atoms with Crippen LogP contribution < -0.4 is 0 Å². The summed E-state index contributed by atoms with van der Waals surface area (Å²) in [6.07, 6.45) is 6.80. The van der Waals surface area contributed by atoms with Gasteiger partial charge < -0.3 is 24.7 Å². The van der Waals surface area contributed by atoms with Crippen molar-refractivity contribution in [2.24, 2.45) is 0 Å². The average Bonchev–Trinajstić information content (AvgIpc) is 3.82. The summed E-state index contributed by atoms with van der Waals surface area (Å²) in [5, 5.41) is 0. The Bertz CT molecular complexity index is 2000. The molecule has 1 aliphatic carbocycles. The topological polar surface area (TPSA) is 89.5 Å². The lowest BCUT2D eigenvalue weighted by atomic mass is 9.86. The average molecular weight is 651 g/mol. The van der Waals surface area contributed by atoms with Crippen LogP contribution in [-0.4, -0.2) is 39.0 Å². The Kier molecular flexibility index (Phi) is 9.30. The number of hydrogen-bond acceptors (Lipinski definition) is 2. The molecule has 4 heterocycles. The number of aryl methyl sites for hydroxylation is 3. The zero-order chi connectivity index (χ0) is 34.3. The van der Waals surface area contributed by atoms with Gasteiger partial charge in [-0.1, -0.05) is 30.4 Å². The maximum Gasteiger partial charge on any atom is 0.169 e. The second-order valence-electron chi connectivity index (χ2n) is 13.1. The highest BCUT2D eigenvalue weighted by molar-refractivity contribution is 6.00. The van der Waals surface area contributed by atoms with E-state index >= 15 is 0 Å². The molecular weight excluding hydrogens is 606 g/mol. The quantitative estimate of drug-likeness (QED) is 0.107. The SMILES string of the molecule is COC(C)c1c(C)[nH]c(C(C2=CCC(F)C=C2)c2cc(CC(=O)c3c(C)[nH]c(C(c4ccc(F)cc4)c4ccc(C)[nH]4)c3C)c[nH]2)c1C. The lowest BCUT2D eigenvalue weighted by Gasteiger charge is -2.21. The number of methoxy groups -OCH3 is 1. The Morgan fingerprint density at radius 1 is 0.917 bits per heavy atom. The van der Waals surface area contributed by atoms with Crippen molar-refractivity contribution in [1.29, 1.82) is 0 Å². The first kappa shape index (κ1) is 33.2. The smallest absolute Gasteiger partial charge is 0.169 e. The maximum absolute atomic E-state index is 14.1. The van der Waals surface area contributed by atoms with Crippen LogP contribution in [0.15, 0.2) is 72.5 Å². The van der Waals surface area contributed by atoms with E-state index in [-0.39, 0.29) is 36.0 Å². The first-order valence-electron chi connectivity index (χ1n) is 16.5. The van der Waals surface area contributed by atoms with Gasteiger partial charge in [0.25, 0.3) is 0 Å². The van der Waals surface area contributed by atoms with Crippen LogP contribution in [0.4, 0.5) is 8.78 Å². The largest absolute Gasteiger partial charge is 0.377 e. The van der Waals surface area contributed by atoms with Gasteiger partial charge in [-0.15, -0.1) is 0 Å². The number of allylic oxidation sites excluding steroid dienone is 4. The molecule has 4 atom stereocenters. The van der Waals surface area contributed by atoms with Crippen LogP contribution in [0.3, 0.4) is 0 Å². The molecule has 1 aromatic carbocycles. The van der Waals surface area contributed by atoms with Crippen molar-refractivity contribution < 1.29 is 18.3 Å². The summed E-state index contributed by atoms with van der Waals surface area (Å²) in [6, 6.07) is 12.6. The van der Waals surface area contributed by atoms with Crippen molar-refractivity contribution in [3.05, 3.63) is 152 Å². The molecule has 0 saturated heterocycles. The third kappa shape index (κ3) is 6.29. The zero-order valence-electron chi connectivity index (χ0n) is 28.6. The van der Waals surface area contributed by atoms with Gasteiger partial charge in [-0.3, -0.25) is 4.79 Å². The van der Waals surface area contributed by atoms with Crippen LogP contribution in [-0.2, 0) is 11.2 Å². The summed E-state index contributed by atoms with van der Waals surface area (Å²) in [5.41, 5.74) is 13.2. The Hall–Kier alpha value is -4.69. The lowest BCUT2D eigenvalue weighted by molar-refractivity contribution is 0.0992. The van der Waals surface area contributed by atoms with E-state index in [0.717, 1.165) is 73.2 Å². The summed E-state index contributed by atoms with van der Waals surface area (Å²) >= 11 is 0. The third-order valence-electron chi connectivity index (χ3n) is 9.85. The Labute approximate surface area is 280 Å². The molecule has 0 bridgehead atoms. The first-order valence-corrected chi connectivity index (χ1v) is 16.5. The normalized spacial score (nSPS) is 16.6. The summed E-state index contributed by atoms with van der Waals surface area (Å²) in [5.74, 6) is -0.706. The molecule has 0 amide bonds. The minimum absolute atomic E-state index is 0.00951. The fourth-order valence-corrected chi connectivity index (χ4v) is 7.47. The number of H-pyrrole nitrogens is 4. The van der Waals surface area contributed by atoms with E-state index in [1.807, 2.05) is 65.1 Å². The standard InChI is InChI=1S/C40H44F2N4O2/c1-21-8-17-32(44-21)37(28-9-13-30(41)14-10-28)40-23(3)36(25(5)46-40)34(47)19-27-18-33(43-20-27)38(29-11-15-31(42)16-12-29)39-22(2)35(24(4)45-39)26(6)48-7/h8-15,17-18,20,26,31,37-38,43-46H,16,19H2,1-7H3. The van der Waals surface area contributed by atoms with E-state index < -0.39 is 6.17 Å². The van der Waals surface area contributed by atoms with E-state index in [4.69, 9.17) is 4.74 Å². The minimum atomic E-state index is -0.997. The number of carbonyl (C=O) groups excluding carboxylic acids is 1. The second-order valence-corrected chi connectivity index (χ2v) is 13.1. The molecule has 0 saturated carbocycles. The predicted molar refractivity (Wildman–Crippen MR) is 186 cm³/mol. The van der Waals surface area contributed by atoms with Crippen LogP contribution >= 0.6 is 0 Å². The molecule has 0 radical (unpaired) electrons. The molecule has 48 heavy (non-hydrogen) atoms. The molecule has 5 aromatic rings. The van der Waals surface area contributed by atoms with Gasteiger partial charge in [0.15, 0.2) is 5.78 Å². The molecule has 0 spiro atoms. The summed E-state index contributed by atoms with van der Waals surface area (Å²) in [7, 11) is 1.70. The highest BCUT2D eigenvalue weighted by Crippen LogP contribution is 2.40. The van der Waals surface area contributed by atoms with Gasteiger partial charge in [-0.2, -0.15) is 0 Å². The molecule has 8 heteroatoms. The van der Waals surface area contributed by atoms with E-state index in [1.54, 1.807) is 25.3 Å². The predicted octanol–water partition coefficient (Wildman–Crippen LogP) is 9.35.